The van der Waals surface area contributed by atoms with Crippen LogP contribution in [0.2, 0.25) is 0 Å². The van der Waals surface area contributed by atoms with Crippen molar-refractivity contribution in [3.63, 3.8) is 0 Å². The Balaban J connectivity index is 3.40. The second-order valence-corrected chi connectivity index (χ2v) is 6.08. The first kappa shape index (κ1) is 14.0. The molecule has 0 amide bonds. The van der Waals surface area contributed by atoms with E-state index >= 15 is 0 Å². The largest absolute Gasteiger partial charge is 0.495 e. The van der Waals surface area contributed by atoms with E-state index in [9.17, 15) is 8.42 Å². The maximum absolute atomic E-state index is 11.8. The summed E-state index contributed by atoms with van der Waals surface area (Å²) < 4.78 is 28.8. The molecular weight excluding hydrogens is 238 g/mol. The smallest absolute Gasteiger partial charge is 0.179 e. The quantitative estimate of drug-likeness (QED) is 0.869. The van der Waals surface area contributed by atoms with E-state index in [0.717, 1.165) is 12.0 Å². The predicted octanol–water partition coefficient (Wildman–Crippen LogP) is 1.55. The van der Waals surface area contributed by atoms with Crippen molar-refractivity contribution in [3.8, 4) is 5.75 Å². The summed E-state index contributed by atoms with van der Waals surface area (Å²) in [6.07, 6.45) is 1.94. The van der Waals surface area contributed by atoms with Crippen LogP contribution in [0.5, 0.6) is 5.75 Å². The standard InChI is InChI=1S/C12H19NO3S/c1-9(7-8-13)10-5-4-6-11(16-2)12(10)17(3,14)15/h4-6,9H,7-8,13H2,1-3H3. The van der Waals surface area contributed by atoms with E-state index in [2.05, 4.69) is 0 Å². The summed E-state index contributed by atoms with van der Waals surface area (Å²) in [6, 6.07) is 5.28. The topological polar surface area (TPSA) is 69.4 Å². The summed E-state index contributed by atoms with van der Waals surface area (Å²) in [5, 5.41) is 0. The van der Waals surface area contributed by atoms with Crippen LogP contribution in [0.4, 0.5) is 0 Å². The molecule has 1 aromatic rings. The van der Waals surface area contributed by atoms with Gasteiger partial charge < -0.3 is 10.5 Å². The molecule has 0 bridgehead atoms. The molecule has 17 heavy (non-hydrogen) atoms. The van der Waals surface area contributed by atoms with Gasteiger partial charge in [-0.2, -0.15) is 0 Å². The molecule has 5 heteroatoms. The molecule has 0 aromatic heterocycles. The Morgan fingerprint density at radius 2 is 2.06 bits per heavy atom. The first-order valence-electron chi connectivity index (χ1n) is 5.48. The molecular formula is C12H19NO3S. The molecule has 0 fully saturated rings. The van der Waals surface area contributed by atoms with Crippen molar-refractivity contribution in [2.24, 2.45) is 5.73 Å². The number of sulfone groups is 1. The molecule has 96 valence electrons. The average molecular weight is 257 g/mol. The third-order valence-corrected chi connectivity index (χ3v) is 3.91. The van der Waals surface area contributed by atoms with Crippen molar-refractivity contribution >= 4 is 9.84 Å². The molecule has 0 saturated carbocycles. The Hall–Kier alpha value is -1.07. The van der Waals surface area contributed by atoms with Gasteiger partial charge in [-0.1, -0.05) is 19.1 Å². The van der Waals surface area contributed by atoms with Gasteiger partial charge in [0.15, 0.2) is 9.84 Å². The number of benzene rings is 1. The lowest BCUT2D eigenvalue weighted by atomic mass is 9.97. The van der Waals surface area contributed by atoms with E-state index in [1.54, 1.807) is 12.1 Å². The van der Waals surface area contributed by atoms with Gasteiger partial charge in [-0.15, -0.1) is 0 Å². The third kappa shape index (κ3) is 3.20. The first-order valence-corrected chi connectivity index (χ1v) is 7.38. The van der Waals surface area contributed by atoms with Crippen molar-refractivity contribution in [3.05, 3.63) is 23.8 Å². The summed E-state index contributed by atoms with van der Waals surface area (Å²) in [5.41, 5.74) is 6.29. The minimum atomic E-state index is -3.31. The normalized spacial score (nSPS) is 13.4. The van der Waals surface area contributed by atoms with E-state index in [0.29, 0.717) is 12.3 Å². The maximum Gasteiger partial charge on any atom is 0.179 e. The van der Waals surface area contributed by atoms with Crippen LogP contribution in [0.3, 0.4) is 0 Å². The van der Waals surface area contributed by atoms with Crippen molar-refractivity contribution in [1.82, 2.24) is 0 Å². The van der Waals surface area contributed by atoms with Crippen LogP contribution >= 0.6 is 0 Å². The zero-order chi connectivity index (χ0) is 13.1. The van der Waals surface area contributed by atoms with Crippen LogP contribution in [-0.4, -0.2) is 28.3 Å². The van der Waals surface area contributed by atoms with Crippen LogP contribution in [0.1, 0.15) is 24.8 Å². The molecule has 1 unspecified atom stereocenters. The molecule has 0 aliphatic carbocycles. The van der Waals surface area contributed by atoms with Crippen molar-refractivity contribution in [1.29, 1.82) is 0 Å². The molecule has 0 spiro atoms. The number of hydrogen-bond acceptors (Lipinski definition) is 4. The van der Waals surface area contributed by atoms with Gasteiger partial charge in [0, 0.05) is 6.26 Å². The molecule has 1 rings (SSSR count). The van der Waals surface area contributed by atoms with Gasteiger partial charge >= 0.3 is 0 Å². The van der Waals surface area contributed by atoms with Crippen molar-refractivity contribution < 1.29 is 13.2 Å². The van der Waals surface area contributed by atoms with Gasteiger partial charge in [-0.3, -0.25) is 0 Å². The molecule has 0 saturated heterocycles. The van der Waals surface area contributed by atoms with Crippen LogP contribution in [0.15, 0.2) is 23.1 Å². The van der Waals surface area contributed by atoms with Gasteiger partial charge in [-0.25, -0.2) is 8.42 Å². The fraction of sp³-hybridized carbons (Fsp3) is 0.500. The minimum absolute atomic E-state index is 0.0971. The van der Waals surface area contributed by atoms with Gasteiger partial charge in [0.1, 0.15) is 10.6 Å². The van der Waals surface area contributed by atoms with Crippen LogP contribution in [0, 0.1) is 0 Å². The molecule has 1 aromatic carbocycles. The maximum atomic E-state index is 11.8. The van der Waals surface area contributed by atoms with Gasteiger partial charge in [-0.05, 0) is 30.5 Å². The lowest BCUT2D eigenvalue weighted by Crippen LogP contribution is -2.10. The van der Waals surface area contributed by atoms with Crippen LogP contribution in [0.25, 0.3) is 0 Å². The molecule has 0 radical (unpaired) electrons. The monoisotopic (exact) mass is 257 g/mol. The molecule has 0 aliphatic heterocycles. The van der Waals surface area contributed by atoms with Gasteiger partial charge in [0.05, 0.1) is 7.11 Å². The Kier molecular flexibility index (Phi) is 4.54. The van der Waals surface area contributed by atoms with Crippen molar-refractivity contribution in [2.75, 3.05) is 19.9 Å². The number of rotatable bonds is 5. The lowest BCUT2D eigenvalue weighted by Gasteiger charge is -2.17. The fourth-order valence-corrected chi connectivity index (χ4v) is 3.10. The number of methoxy groups -OCH3 is 1. The van der Waals surface area contributed by atoms with E-state index in [1.807, 2.05) is 13.0 Å². The van der Waals surface area contributed by atoms with Gasteiger partial charge in [0.2, 0.25) is 0 Å². The lowest BCUT2D eigenvalue weighted by molar-refractivity contribution is 0.400. The van der Waals surface area contributed by atoms with Crippen LogP contribution < -0.4 is 10.5 Å². The fourth-order valence-electron chi connectivity index (χ4n) is 1.88. The molecule has 0 aliphatic rings. The number of hydrogen-bond donors (Lipinski definition) is 1. The zero-order valence-corrected chi connectivity index (χ0v) is 11.3. The van der Waals surface area contributed by atoms with Gasteiger partial charge in [0.25, 0.3) is 0 Å². The second kappa shape index (κ2) is 5.51. The summed E-state index contributed by atoms with van der Waals surface area (Å²) in [6.45, 7) is 2.50. The Labute approximate surface area is 103 Å². The highest BCUT2D eigenvalue weighted by molar-refractivity contribution is 7.90. The Bertz CT molecular complexity index is 483. The highest BCUT2D eigenvalue weighted by Gasteiger charge is 2.21. The number of ether oxygens (including phenoxy) is 1. The Morgan fingerprint density at radius 1 is 1.41 bits per heavy atom. The van der Waals surface area contributed by atoms with E-state index < -0.39 is 9.84 Å². The van der Waals surface area contributed by atoms with E-state index in [4.69, 9.17) is 10.5 Å². The summed E-state index contributed by atoms with van der Waals surface area (Å²) in [7, 11) is -1.83. The zero-order valence-electron chi connectivity index (χ0n) is 10.4. The van der Waals surface area contributed by atoms with E-state index in [-0.39, 0.29) is 10.8 Å². The predicted molar refractivity (Wildman–Crippen MR) is 68.2 cm³/mol. The molecule has 0 heterocycles. The summed E-state index contributed by atoms with van der Waals surface area (Å²) in [4.78, 5) is 0.281. The molecule has 4 nitrogen and oxygen atoms in total. The minimum Gasteiger partial charge on any atom is -0.495 e. The van der Waals surface area contributed by atoms with Crippen LogP contribution in [-0.2, 0) is 9.84 Å². The first-order chi connectivity index (χ1) is 7.91. The highest BCUT2D eigenvalue weighted by atomic mass is 32.2. The summed E-state index contributed by atoms with van der Waals surface area (Å²) in [5.74, 6) is 0.494. The molecule has 2 N–H and O–H groups in total. The number of nitrogens with two attached hydrogens (primary N) is 1. The third-order valence-electron chi connectivity index (χ3n) is 2.73. The highest BCUT2D eigenvalue weighted by Crippen LogP contribution is 2.33. The molecule has 1 atom stereocenters. The SMILES string of the molecule is COc1cccc(C(C)CCN)c1S(C)(=O)=O. The van der Waals surface area contributed by atoms with E-state index in [1.165, 1.54) is 13.4 Å². The second-order valence-electron chi connectivity index (χ2n) is 4.13. The Morgan fingerprint density at radius 3 is 2.53 bits per heavy atom. The average Bonchev–Trinajstić information content (AvgIpc) is 2.27. The van der Waals surface area contributed by atoms with Crippen molar-refractivity contribution in [2.45, 2.75) is 24.2 Å². The summed E-state index contributed by atoms with van der Waals surface area (Å²) >= 11 is 0.